The van der Waals surface area contributed by atoms with Crippen LogP contribution >= 0.6 is 0 Å². The van der Waals surface area contributed by atoms with Crippen LogP contribution in [0, 0.1) is 5.92 Å². The van der Waals surface area contributed by atoms with E-state index in [0.29, 0.717) is 6.61 Å². The topological polar surface area (TPSA) is 38.7 Å². The van der Waals surface area contributed by atoms with E-state index in [2.05, 4.69) is 22.0 Å². The zero-order valence-electron chi connectivity index (χ0n) is 12.5. The normalized spacial score (nSPS) is 30.6. The van der Waals surface area contributed by atoms with Gasteiger partial charge in [0.1, 0.15) is 0 Å². The van der Waals surface area contributed by atoms with Gasteiger partial charge in [-0.3, -0.25) is 4.90 Å². The zero-order valence-corrected chi connectivity index (χ0v) is 12.5. The molecule has 0 amide bonds. The Kier molecular flexibility index (Phi) is 6.57. The van der Waals surface area contributed by atoms with E-state index >= 15 is 0 Å². The van der Waals surface area contributed by atoms with Crippen molar-refractivity contribution in [3.05, 3.63) is 0 Å². The lowest BCUT2D eigenvalue weighted by Gasteiger charge is -2.28. The average molecular weight is 269 g/mol. The van der Waals surface area contributed by atoms with Crippen molar-refractivity contribution in [1.29, 1.82) is 0 Å². The maximum absolute atomic E-state index is 9.04. The van der Waals surface area contributed by atoms with Crippen molar-refractivity contribution in [2.24, 2.45) is 5.92 Å². The first kappa shape index (κ1) is 15.2. The number of aliphatic hydroxyl groups excluding tert-OH is 1. The molecule has 0 radical (unpaired) electrons. The van der Waals surface area contributed by atoms with Gasteiger partial charge in [-0.1, -0.05) is 13.3 Å². The average Bonchev–Trinajstić information content (AvgIpc) is 2.70. The van der Waals surface area contributed by atoms with Crippen molar-refractivity contribution < 1.29 is 5.11 Å². The van der Waals surface area contributed by atoms with E-state index in [1.807, 2.05) is 0 Å². The summed E-state index contributed by atoms with van der Waals surface area (Å²) in [6.45, 7) is 10.4. The van der Waals surface area contributed by atoms with Crippen LogP contribution in [-0.4, -0.2) is 73.4 Å². The fourth-order valence-corrected chi connectivity index (χ4v) is 3.69. The van der Waals surface area contributed by atoms with Gasteiger partial charge in [-0.05, 0) is 44.8 Å². The Morgan fingerprint density at radius 3 is 2.63 bits per heavy atom. The van der Waals surface area contributed by atoms with E-state index < -0.39 is 0 Å². The monoisotopic (exact) mass is 269 g/mol. The lowest BCUT2D eigenvalue weighted by Crippen LogP contribution is -2.40. The van der Waals surface area contributed by atoms with Gasteiger partial charge in [-0.25, -0.2) is 0 Å². The third-order valence-corrected chi connectivity index (χ3v) is 4.72. The Morgan fingerprint density at radius 1 is 1.05 bits per heavy atom. The predicted molar refractivity (Wildman–Crippen MR) is 79.4 cm³/mol. The Labute approximate surface area is 118 Å². The van der Waals surface area contributed by atoms with Crippen molar-refractivity contribution in [1.82, 2.24) is 15.1 Å². The van der Waals surface area contributed by atoms with Gasteiger partial charge in [0.05, 0.1) is 6.61 Å². The first-order valence-electron chi connectivity index (χ1n) is 8.12. The summed E-state index contributed by atoms with van der Waals surface area (Å²) in [4.78, 5) is 5.05. The van der Waals surface area contributed by atoms with E-state index in [9.17, 15) is 0 Å². The van der Waals surface area contributed by atoms with Crippen LogP contribution in [0.25, 0.3) is 0 Å². The molecule has 0 aromatic carbocycles. The molecule has 19 heavy (non-hydrogen) atoms. The number of hydrogen-bond acceptors (Lipinski definition) is 4. The van der Waals surface area contributed by atoms with E-state index in [-0.39, 0.29) is 0 Å². The molecule has 2 aliphatic rings. The molecule has 0 aromatic heterocycles. The minimum Gasteiger partial charge on any atom is -0.395 e. The molecular weight excluding hydrogens is 238 g/mol. The first-order valence-corrected chi connectivity index (χ1v) is 8.12. The van der Waals surface area contributed by atoms with Gasteiger partial charge >= 0.3 is 0 Å². The molecule has 4 heteroatoms. The van der Waals surface area contributed by atoms with Gasteiger partial charge in [-0.15, -0.1) is 0 Å². The van der Waals surface area contributed by atoms with Crippen molar-refractivity contribution in [3.63, 3.8) is 0 Å². The second-order valence-electron chi connectivity index (χ2n) is 6.07. The molecule has 2 unspecified atom stereocenters. The molecule has 0 spiro atoms. The smallest absolute Gasteiger partial charge is 0.0558 e. The van der Waals surface area contributed by atoms with Crippen LogP contribution in [0.2, 0.25) is 0 Å². The molecule has 2 atom stereocenters. The third-order valence-electron chi connectivity index (χ3n) is 4.72. The quantitative estimate of drug-likeness (QED) is 0.747. The highest BCUT2D eigenvalue weighted by Crippen LogP contribution is 2.26. The number of nitrogens with one attached hydrogen (secondary N) is 1. The summed E-state index contributed by atoms with van der Waals surface area (Å²) in [6.07, 6.45) is 5.41. The van der Waals surface area contributed by atoms with Crippen molar-refractivity contribution in [2.75, 3.05) is 52.4 Å². The molecule has 1 heterocycles. The maximum atomic E-state index is 9.04. The molecule has 0 bridgehead atoms. The van der Waals surface area contributed by atoms with Crippen molar-refractivity contribution in [3.8, 4) is 0 Å². The van der Waals surface area contributed by atoms with Crippen LogP contribution in [0.1, 0.15) is 32.6 Å². The summed E-state index contributed by atoms with van der Waals surface area (Å²) in [5.41, 5.74) is 0. The van der Waals surface area contributed by atoms with Crippen molar-refractivity contribution in [2.45, 2.75) is 38.6 Å². The fraction of sp³-hybridized carbons (Fsp3) is 1.00. The summed E-state index contributed by atoms with van der Waals surface area (Å²) >= 11 is 0. The van der Waals surface area contributed by atoms with E-state index in [4.69, 9.17) is 5.11 Å². The lowest BCUT2D eigenvalue weighted by molar-refractivity contribution is 0.188. The highest BCUT2D eigenvalue weighted by molar-refractivity contribution is 4.85. The van der Waals surface area contributed by atoms with Crippen LogP contribution in [0.15, 0.2) is 0 Å². The Bertz CT molecular complexity index is 250. The standard InChI is InChI=1S/C15H31N3O/c1-2-16-15-6-3-5-14(15)13-18-8-4-7-17(9-10-18)11-12-19/h14-16,19H,2-13H2,1H3. The Hall–Kier alpha value is -0.160. The fourth-order valence-electron chi connectivity index (χ4n) is 3.69. The first-order chi connectivity index (χ1) is 9.33. The molecule has 1 saturated heterocycles. The summed E-state index contributed by atoms with van der Waals surface area (Å²) in [6, 6.07) is 0.752. The summed E-state index contributed by atoms with van der Waals surface area (Å²) in [7, 11) is 0. The van der Waals surface area contributed by atoms with Gasteiger partial charge in [0, 0.05) is 32.2 Å². The van der Waals surface area contributed by atoms with E-state index in [1.165, 1.54) is 45.3 Å². The highest BCUT2D eigenvalue weighted by Gasteiger charge is 2.28. The lowest BCUT2D eigenvalue weighted by atomic mass is 10.0. The molecule has 1 saturated carbocycles. The molecule has 1 aliphatic carbocycles. The molecule has 4 nitrogen and oxygen atoms in total. The second-order valence-corrected chi connectivity index (χ2v) is 6.07. The Balaban J connectivity index is 1.76. The van der Waals surface area contributed by atoms with Gasteiger partial charge in [0.25, 0.3) is 0 Å². The van der Waals surface area contributed by atoms with Crippen molar-refractivity contribution >= 4 is 0 Å². The second kappa shape index (κ2) is 8.20. The van der Waals surface area contributed by atoms with Crippen LogP contribution in [0.5, 0.6) is 0 Å². The molecule has 1 aliphatic heterocycles. The van der Waals surface area contributed by atoms with Gasteiger partial charge < -0.3 is 15.3 Å². The minimum absolute atomic E-state index is 0.297. The number of rotatable bonds is 6. The SMILES string of the molecule is CCNC1CCCC1CN1CCCN(CCO)CC1. The number of nitrogens with zero attached hydrogens (tertiary/aromatic N) is 2. The molecule has 0 aromatic rings. The van der Waals surface area contributed by atoms with Crippen LogP contribution in [0.4, 0.5) is 0 Å². The number of β-amino-alcohol motifs (C(OH)–C–C–N with tert-alkyl or cyclic N) is 1. The molecule has 2 rings (SSSR count). The number of hydrogen-bond donors (Lipinski definition) is 2. The van der Waals surface area contributed by atoms with Gasteiger partial charge in [-0.2, -0.15) is 0 Å². The third kappa shape index (κ3) is 4.71. The summed E-state index contributed by atoms with van der Waals surface area (Å²) in [5, 5.41) is 12.7. The zero-order chi connectivity index (χ0) is 13.5. The summed E-state index contributed by atoms with van der Waals surface area (Å²) in [5.74, 6) is 0.851. The van der Waals surface area contributed by atoms with Gasteiger partial charge in [0.2, 0.25) is 0 Å². The van der Waals surface area contributed by atoms with Crippen LogP contribution in [-0.2, 0) is 0 Å². The molecular formula is C15H31N3O. The molecule has 2 N–H and O–H groups in total. The van der Waals surface area contributed by atoms with Crippen LogP contribution < -0.4 is 5.32 Å². The Morgan fingerprint density at radius 2 is 1.84 bits per heavy atom. The largest absolute Gasteiger partial charge is 0.395 e. The van der Waals surface area contributed by atoms with Gasteiger partial charge in [0.15, 0.2) is 0 Å². The van der Waals surface area contributed by atoms with Crippen LogP contribution in [0.3, 0.4) is 0 Å². The highest BCUT2D eigenvalue weighted by atomic mass is 16.3. The maximum Gasteiger partial charge on any atom is 0.0558 e. The minimum atomic E-state index is 0.297. The van der Waals surface area contributed by atoms with E-state index in [1.54, 1.807) is 0 Å². The molecule has 112 valence electrons. The summed E-state index contributed by atoms with van der Waals surface area (Å²) < 4.78 is 0. The number of aliphatic hydroxyl groups is 1. The molecule has 2 fully saturated rings. The predicted octanol–water partition coefficient (Wildman–Crippen LogP) is 0.765. The van der Waals surface area contributed by atoms with E-state index in [0.717, 1.165) is 38.1 Å².